The Morgan fingerprint density at radius 3 is 0.540 bits per heavy atom. The SMILES string of the molecule is CC#N.CC#N.CC#N.[N-]=O.[Rh+3].c1ccc([PH+](c2ccccc2)c2ccccc2)cc1.c1ccc([PH+](c2ccccc2)c2ccccc2)cc1. The number of benzene rings is 6. The molecule has 5 nitrogen and oxygen atoms in total. The largest absolute Gasteiger partial charge is 3.00 e. The van der Waals surface area contributed by atoms with Gasteiger partial charge in [-0.25, -0.2) is 0 Å². The van der Waals surface area contributed by atoms with Crippen molar-refractivity contribution in [3.63, 3.8) is 0 Å². The molecule has 0 radical (unpaired) electrons. The molecule has 0 fully saturated rings. The Hall–Kier alpha value is -5.13. The van der Waals surface area contributed by atoms with Crippen molar-refractivity contribution in [1.82, 2.24) is 0 Å². The van der Waals surface area contributed by atoms with Crippen molar-refractivity contribution in [1.29, 1.82) is 15.8 Å². The van der Waals surface area contributed by atoms with Gasteiger partial charge >= 0.3 is 19.5 Å². The van der Waals surface area contributed by atoms with Crippen molar-refractivity contribution in [3.05, 3.63) is 192 Å². The molecule has 0 atom stereocenters. The Kier molecular flexibility index (Phi) is 26.9. The van der Waals surface area contributed by atoms with Crippen molar-refractivity contribution in [2.45, 2.75) is 20.8 Å². The van der Waals surface area contributed by atoms with E-state index < -0.39 is 15.8 Å². The molecule has 6 aromatic carbocycles. The standard InChI is InChI=1S/2C18H15P.3C2H3N.NO.Rh/c2*1-4-10-16(11-5-1)19(17-12-6-2-7-13-17)18-14-8-3-9-15-18;3*1-2-3;1-2;/h2*1-15H;3*1H3;;/q;;;;;-1;+3/p+2. The van der Waals surface area contributed by atoms with Crippen molar-refractivity contribution < 1.29 is 19.5 Å². The minimum Gasteiger partial charge on any atom is -0.577 e. The van der Waals surface area contributed by atoms with Gasteiger partial charge in [0.05, 0.1) is 34.1 Å². The third-order valence-corrected chi connectivity index (χ3v) is 11.8. The van der Waals surface area contributed by atoms with Crippen molar-refractivity contribution >= 4 is 47.7 Å². The van der Waals surface area contributed by atoms with Gasteiger partial charge in [-0.15, -0.1) is 0 Å². The Morgan fingerprint density at radius 1 is 0.340 bits per heavy atom. The molecule has 6 rings (SSSR count). The predicted molar refractivity (Wildman–Crippen MR) is 214 cm³/mol. The van der Waals surface area contributed by atoms with Crippen LogP contribution in [0.3, 0.4) is 0 Å². The summed E-state index contributed by atoms with van der Waals surface area (Å²) in [6, 6.07) is 70.2. The topological polar surface area (TPSA) is 111 Å². The monoisotopic (exact) mass is 782 g/mol. The zero-order valence-corrected chi connectivity index (χ0v) is 32.0. The number of rotatable bonds is 6. The van der Waals surface area contributed by atoms with E-state index in [0.29, 0.717) is 0 Å². The summed E-state index contributed by atoms with van der Waals surface area (Å²) in [6.07, 6.45) is 0. The van der Waals surface area contributed by atoms with Gasteiger partial charge in [-0.2, -0.15) is 15.8 Å². The molecule has 0 bridgehead atoms. The molecule has 0 aliphatic rings. The summed E-state index contributed by atoms with van der Waals surface area (Å²) >= 11 is 0. The molecular formula is C42H41N4OP2Rh+4. The molecule has 250 valence electrons. The summed E-state index contributed by atoms with van der Waals surface area (Å²) in [7, 11) is -1.75. The fraction of sp³-hybridized carbons (Fsp3) is 0.0714. The van der Waals surface area contributed by atoms with E-state index in [9.17, 15) is 0 Å². The summed E-state index contributed by atoms with van der Waals surface area (Å²) in [5.74, 6) is 0. The molecule has 0 aliphatic carbocycles. The van der Waals surface area contributed by atoms with Crippen molar-refractivity contribution in [2.75, 3.05) is 0 Å². The summed E-state index contributed by atoms with van der Waals surface area (Å²) in [5, 5.41) is 30.6. The van der Waals surface area contributed by atoms with E-state index in [2.05, 4.69) is 182 Å². The normalized spacial score (nSPS) is 8.60. The average molecular weight is 783 g/mol. The molecule has 0 saturated heterocycles. The van der Waals surface area contributed by atoms with Gasteiger partial charge in [-0.05, 0) is 72.8 Å². The molecule has 6 aromatic rings. The molecule has 8 heteroatoms. The van der Waals surface area contributed by atoms with Crippen LogP contribution in [-0.4, -0.2) is 0 Å². The van der Waals surface area contributed by atoms with Crippen LogP contribution in [0.1, 0.15) is 20.8 Å². The summed E-state index contributed by atoms with van der Waals surface area (Å²) in [6.45, 7) is 4.29. The molecule has 0 aliphatic heterocycles. The van der Waals surface area contributed by atoms with Crippen molar-refractivity contribution in [3.8, 4) is 18.2 Å². The number of hydrogen-bond acceptors (Lipinski definition) is 4. The maximum absolute atomic E-state index is 7.32. The van der Waals surface area contributed by atoms with Crippen molar-refractivity contribution in [2.24, 2.45) is 0 Å². The van der Waals surface area contributed by atoms with Gasteiger partial charge in [0.15, 0.2) is 0 Å². The molecule has 0 unspecified atom stereocenters. The van der Waals surface area contributed by atoms with Crippen LogP contribution in [0.4, 0.5) is 0 Å². The van der Waals surface area contributed by atoms with Gasteiger partial charge in [0, 0.05) is 20.8 Å². The van der Waals surface area contributed by atoms with E-state index in [1.165, 1.54) is 52.6 Å². The molecular weight excluding hydrogens is 741 g/mol. The third kappa shape index (κ3) is 16.8. The van der Waals surface area contributed by atoms with Gasteiger partial charge in [0.1, 0.15) is 31.8 Å². The Morgan fingerprint density at radius 2 is 0.440 bits per heavy atom. The van der Waals surface area contributed by atoms with Gasteiger partial charge < -0.3 is 10.5 Å². The number of nitriles is 3. The molecule has 0 N–H and O–H groups in total. The molecule has 50 heavy (non-hydrogen) atoms. The smallest absolute Gasteiger partial charge is 0.577 e. The van der Waals surface area contributed by atoms with Crippen LogP contribution in [0.25, 0.3) is 5.59 Å². The number of nitroso groups, excluding NO2 is 1. The van der Waals surface area contributed by atoms with Crippen LogP contribution >= 0.6 is 15.8 Å². The van der Waals surface area contributed by atoms with E-state index in [4.69, 9.17) is 26.3 Å². The second-order valence-corrected chi connectivity index (χ2v) is 14.6. The Labute approximate surface area is 312 Å². The van der Waals surface area contributed by atoms with Gasteiger partial charge in [-0.3, -0.25) is 0 Å². The number of nitrogens with zero attached hydrogens (tertiary/aromatic N) is 4. The number of hydrogen-bond donors (Lipinski definition) is 0. The molecule has 0 spiro atoms. The minimum absolute atomic E-state index is 0. The van der Waals surface area contributed by atoms with Crippen LogP contribution in [0.15, 0.2) is 182 Å². The first kappa shape index (κ1) is 44.9. The fourth-order valence-electron chi connectivity index (χ4n) is 4.63. The van der Waals surface area contributed by atoms with E-state index >= 15 is 0 Å². The first-order chi connectivity index (χ1) is 24.1. The maximum atomic E-state index is 7.32. The Bertz CT molecular complexity index is 1460. The van der Waals surface area contributed by atoms with E-state index in [1.54, 1.807) is 18.2 Å². The first-order valence-corrected chi connectivity index (χ1v) is 18.3. The molecule has 0 aromatic heterocycles. The molecule has 0 amide bonds. The van der Waals surface area contributed by atoms with E-state index in [1.807, 2.05) is 0 Å². The maximum Gasteiger partial charge on any atom is 3.00 e. The second kappa shape index (κ2) is 30.0. The molecule has 0 saturated carbocycles. The zero-order chi connectivity index (χ0) is 36.0. The fourth-order valence-corrected chi connectivity index (χ4v) is 9.78. The summed E-state index contributed by atoms with van der Waals surface area (Å²) in [5.41, 5.74) is 5.75. The van der Waals surface area contributed by atoms with Crippen LogP contribution in [-0.2, 0) is 19.5 Å². The minimum atomic E-state index is -0.877. The quantitative estimate of drug-likeness (QED) is 0.125. The summed E-state index contributed by atoms with van der Waals surface area (Å²) in [4.78, 5) is 7.25. The molecule has 0 heterocycles. The second-order valence-electron chi connectivity index (χ2n) is 9.62. The van der Waals surface area contributed by atoms with Crippen LogP contribution in [0.2, 0.25) is 0 Å². The first-order valence-electron chi connectivity index (χ1n) is 15.3. The average Bonchev–Trinajstić information content (AvgIpc) is 3.17. The van der Waals surface area contributed by atoms with Gasteiger partial charge in [0.25, 0.3) is 0 Å². The zero-order valence-electron chi connectivity index (χ0n) is 28.4. The van der Waals surface area contributed by atoms with Gasteiger partial charge in [-0.1, -0.05) is 109 Å². The summed E-state index contributed by atoms with van der Waals surface area (Å²) < 4.78 is 0. The van der Waals surface area contributed by atoms with Gasteiger partial charge in [0.2, 0.25) is 0 Å². The van der Waals surface area contributed by atoms with Crippen LogP contribution in [0.5, 0.6) is 0 Å². The predicted octanol–water partition coefficient (Wildman–Crippen LogP) is 8.26. The Balaban J connectivity index is 0.000000737. The third-order valence-electron chi connectivity index (χ3n) is 6.37. The van der Waals surface area contributed by atoms with Crippen LogP contribution in [0, 0.1) is 38.9 Å². The van der Waals surface area contributed by atoms with E-state index in [0.717, 1.165) is 0 Å². The van der Waals surface area contributed by atoms with Crippen LogP contribution < -0.4 is 31.8 Å². The van der Waals surface area contributed by atoms with E-state index in [-0.39, 0.29) is 19.5 Å².